The van der Waals surface area contributed by atoms with Crippen molar-refractivity contribution in [2.45, 2.75) is 25.4 Å². The van der Waals surface area contributed by atoms with Crippen LogP contribution in [0.1, 0.15) is 23.5 Å². The van der Waals surface area contributed by atoms with Crippen molar-refractivity contribution in [1.29, 1.82) is 0 Å². The Balaban J connectivity index is 1.10. The number of benzene rings is 1. The Morgan fingerprint density at radius 1 is 1.02 bits per heavy atom. The molecule has 4 aliphatic rings. The molecule has 2 aromatic heterocycles. The second kappa shape index (κ2) is 9.25. The molecule has 0 unspecified atom stereocenters. The highest BCUT2D eigenvalue weighted by molar-refractivity contribution is 6.30. The van der Waals surface area contributed by atoms with Gasteiger partial charge in [0.25, 0.3) is 12.3 Å². The zero-order valence-corrected chi connectivity index (χ0v) is 22.0. The van der Waals surface area contributed by atoms with Crippen LogP contribution >= 0.6 is 11.6 Å². The predicted octanol–water partition coefficient (Wildman–Crippen LogP) is 4.32. The zero-order chi connectivity index (χ0) is 27.8. The van der Waals surface area contributed by atoms with Crippen LogP contribution < -0.4 is 9.80 Å². The van der Waals surface area contributed by atoms with Crippen molar-refractivity contribution in [3.63, 3.8) is 0 Å². The van der Waals surface area contributed by atoms with Crippen molar-refractivity contribution in [2.75, 3.05) is 55.7 Å². The smallest absolute Gasteiger partial charge is 0.283 e. The summed E-state index contributed by atoms with van der Waals surface area (Å²) in [5, 5.41) is 9.34. The molecule has 0 atom stereocenters. The number of rotatable bonds is 6. The summed E-state index contributed by atoms with van der Waals surface area (Å²) in [5.41, 5.74) is 0.671. The molecule has 212 valence electrons. The van der Waals surface area contributed by atoms with Gasteiger partial charge in [-0.15, -0.1) is 10.2 Å². The molecule has 0 aliphatic carbocycles. The third-order valence-electron chi connectivity index (χ3n) is 8.20. The van der Waals surface area contributed by atoms with E-state index in [0.29, 0.717) is 48.8 Å². The van der Waals surface area contributed by atoms with Crippen LogP contribution in [0.15, 0.2) is 30.3 Å². The molecule has 0 amide bonds. The standard InChI is InChI=1S/C26H25ClF5N7O/c27-17-1-3-19-15(5-17)6-36(14-26(31,32)16-8-40-9-16)7-21-34-35-24(39(19)21)38-12-25(13-38)10-37(11-25)20-4-2-18(28)22(33-20)23(29)30/h1-5,16,23H,6-14H2. The minimum atomic E-state index is -2.98. The van der Waals surface area contributed by atoms with Gasteiger partial charge < -0.3 is 14.5 Å². The van der Waals surface area contributed by atoms with E-state index in [-0.39, 0.29) is 31.7 Å². The molecule has 6 heterocycles. The average Bonchev–Trinajstić information content (AvgIpc) is 3.12. The summed E-state index contributed by atoms with van der Waals surface area (Å²) in [5.74, 6) is -3.21. The molecule has 0 saturated carbocycles. The molecule has 0 bridgehead atoms. The average molecular weight is 582 g/mol. The number of pyridine rings is 1. The molecule has 40 heavy (non-hydrogen) atoms. The number of nitrogens with zero attached hydrogens (tertiary/aromatic N) is 7. The SMILES string of the molecule is Fc1ccc(N2CC3(C2)CN(c2nnc4n2-c2ccc(Cl)cc2CN(CC(F)(F)C2COC2)C4)C3)nc1C(F)F. The van der Waals surface area contributed by atoms with E-state index in [1.165, 1.54) is 6.07 Å². The van der Waals surface area contributed by atoms with Crippen LogP contribution in [-0.2, 0) is 17.8 Å². The highest BCUT2D eigenvalue weighted by atomic mass is 35.5. The predicted molar refractivity (Wildman–Crippen MR) is 136 cm³/mol. The van der Waals surface area contributed by atoms with Gasteiger partial charge in [0.15, 0.2) is 11.6 Å². The number of fused-ring (bicyclic) bond motifs is 3. The van der Waals surface area contributed by atoms with Gasteiger partial charge in [0.1, 0.15) is 11.5 Å². The quantitative estimate of drug-likeness (QED) is 0.402. The van der Waals surface area contributed by atoms with Crippen LogP contribution in [0.4, 0.5) is 33.7 Å². The first kappa shape index (κ1) is 25.9. The maximum Gasteiger partial charge on any atom is 0.283 e. The second-order valence-corrected chi connectivity index (χ2v) is 11.7. The first-order chi connectivity index (χ1) is 19.1. The molecule has 8 nitrogen and oxygen atoms in total. The van der Waals surface area contributed by atoms with E-state index in [0.717, 1.165) is 17.3 Å². The Bertz CT molecular complexity index is 1450. The van der Waals surface area contributed by atoms with Crippen LogP contribution in [0.25, 0.3) is 5.69 Å². The molecular weight excluding hydrogens is 557 g/mol. The largest absolute Gasteiger partial charge is 0.380 e. The monoisotopic (exact) mass is 581 g/mol. The van der Waals surface area contributed by atoms with E-state index < -0.39 is 36.3 Å². The number of aromatic nitrogens is 4. The van der Waals surface area contributed by atoms with E-state index in [4.69, 9.17) is 16.3 Å². The van der Waals surface area contributed by atoms with Gasteiger partial charge in [-0.25, -0.2) is 26.9 Å². The van der Waals surface area contributed by atoms with Gasteiger partial charge in [-0.05, 0) is 35.9 Å². The summed E-state index contributed by atoms with van der Waals surface area (Å²) in [4.78, 5) is 9.43. The summed E-state index contributed by atoms with van der Waals surface area (Å²) in [6, 6.07) is 7.85. The summed E-state index contributed by atoms with van der Waals surface area (Å²) in [6.45, 7) is 2.64. The Hall–Kier alpha value is -3.03. The zero-order valence-electron chi connectivity index (χ0n) is 21.2. The summed E-state index contributed by atoms with van der Waals surface area (Å²) in [7, 11) is 0. The molecule has 1 spiro atoms. The molecule has 4 aliphatic heterocycles. The summed E-state index contributed by atoms with van der Waals surface area (Å²) in [6.07, 6.45) is -2.98. The number of hydrogen-bond acceptors (Lipinski definition) is 7. The van der Waals surface area contributed by atoms with Crippen LogP contribution in [0.3, 0.4) is 0 Å². The van der Waals surface area contributed by atoms with E-state index in [2.05, 4.69) is 20.1 Å². The number of anilines is 2. The summed E-state index contributed by atoms with van der Waals surface area (Å²) >= 11 is 6.29. The van der Waals surface area contributed by atoms with E-state index in [9.17, 15) is 22.0 Å². The highest BCUT2D eigenvalue weighted by Gasteiger charge is 2.54. The molecule has 3 fully saturated rings. The molecule has 3 aromatic rings. The second-order valence-electron chi connectivity index (χ2n) is 11.2. The van der Waals surface area contributed by atoms with Crippen molar-refractivity contribution in [2.24, 2.45) is 11.3 Å². The van der Waals surface area contributed by atoms with Crippen molar-refractivity contribution >= 4 is 23.4 Å². The lowest BCUT2D eigenvalue weighted by Crippen LogP contribution is -2.73. The van der Waals surface area contributed by atoms with Crippen molar-refractivity contribution in [3.8, 4) is 5.69 Å². The minimum absolute atomic E-state index is 0.0579. The molecule has 3 saturated heterocycles. The Morgan fingerprint density at radius 3 is 2.48 bits per heavy atom. The Morgan fingerprint density at radius 2 is 1.77 bits per heavy atom. The van der Waals surface area contributed by atoms with Crippen molar-refractivity contribution in [1.82, 2.24) is 24.6 Å². The maximum atomic E-state index is 14.9. The topological polar surface area (TPSA) is 62.6 Å². The molecular formula is C26H25ClF5N7O. The fraction of sp³-hybridized carbons (Fsp3) is 0.500. The van der Waals surface area contributed by atoms with Crippen LogP contribution in [-0.4, -0.2) is 76.5 Å². The first-order valence-electron chi connectivity index (χ1n) is 13.0. The Kier molecular flexibility index (Phi) is 5.99. The lowest BCUT2D eigenvalue weighted by Gasteiger charge is -2.60. The van der Waals surface area contributed by atoms with Gasteiger partial charge in [-0.3, -0.25) is 9.47 Å². The van der Waals surface area contributed by atoms with Crippen LogP contribution in [0.5, 0.6) is 0 Å². The molecule has 14 heteroatoms. The van der Waals surface area contributed by atoms with Crippen molar-refractivity contribution < 1.29 is 26.7 Å². The molecule has 0 radical (unpaired) electrons. The summed E-state index contributed by atoms with van der Waals surface area (Å²) < 4.78 is 76.6. The van der Waals surface area contributed by atoms with Gasteiger partial charge in [0.2, 0.25) is 5.95 Å². The number of alkyl halides is 4. The lowest BCUT2D eigenvalue weighted by atomic mass is 9.73. The van der Waals surface area contributed by atoms with Crippen molar-refractivity contribution in [3.05, 3.63) is 58.3 Å². The normalized spacial score (nSPS) is 20.6. The highest BCUT2D eigenvalue weighted by Crippen LogP contribution is 2.44. The lowest BCUT2D eigenvalue weighted by molar-refractivity contribution is -0.179. The molecule has 7 rings (SSSR count). The van der Waals surface area contributed by atoms with Gasteiger partial charge in [0, 0.05) is 43.2 Å². The molecule has 0 N–H and O–H groups in total. The van der Waals surface area contributed by atoms with Gasteiger partial charge in [-0.1, -0.05) is 11.6 Å². The Labute approximate surface area is 231 Å². The fourth-order valence-electron chi connectivity index (χ4n) is 6.08. The van der Waals surface area contributed by atoms with E-state index >= 15 is 0 Å². The molecule has 1 aromatic carbocycles. The third kappa shape index (κ3) is 4.29. The van der Waals surface area contributed by atoms with Gasteiger partial charge in [-0.2, -0.15) is 0 Å². The number of ether oxygens (including phenoxy) is 1. The van der Waals surface area contributed by atoms with Gasteiger partial charge in [0.05, 0.1) is 37.9 Å². The van der Waals surface area contributed by atoms with Gasteiger partial charge >= 0.3 is 0 Å². The minimum Gasteiger partial charge on any atom is -0.380 e. The fourth-order valence-corrected chi connectivity index (χ4v) is 6.28. The third-order valence-corrected chi connectivity index (χ3v) is 8.44. The van der Waals surface area contributed by atoms with E-state index in [1.807, 2.05) is 15.5 Å². The maximum absolute atomic E-state index is 14.9. The van der Waals surface area contributed by atoms with E-state index in [1.54, 1.807) is 17.0 Å². The number of halogens is 6. The first-order valence-corrected chi connectivity index (χ1v) is 13.3. The number of hydrogen-bond donors (Lipinski definition) is 0. The van der Waals surface area contributed by atoms with Crippen LogP contribution in [0, 0.1) is 17.2 Å². The van der Waals surface area contributed by atoms with Crippen LogP contribution in [0.2, 0.25) is 5.02 Å².